The number of nitrogens with zero attached hydrogens (tertiary/aromatic N) is 6. The zero-order valence-corrected chi connectivity index (χ0v) is 20.8. The van der Waals surface area contributed by atoms with E-state index < -0.39 is 0 Å². The third-order valence-corrected chi connectivity index (χ3v) is 7.47. The van der Waals surface area contributed by atoms with Gasteiger partial charge in [-0.25, -0.2) is 4.79 Å². The maximum Gasteiger partial charge on any atom is 0.333 e. The first-order valence-electron chi connectivity index (χ1n) is 12.4. The first kappa shape index (κ1) is 23.2. The van der Waals surface area contributed by atoms with Crippen molar-refractivity contribution in [2.75, 3.05) is 31.1 Å². The fourth-order valence-corrected chi connectivity index (χ4v) is 5.62. The maximum atomic E-state index is 13.6. The smallest absolute Gasteiger partial charge is 0.333 e. The molecule has 3 aromatic rings. The fraction of sp³-hybridized carbons (Fsp3) is 0.560. The van der Waals surface area contributed by atoms with Crippen molar-refractivity contribution in [1.29, 1.82) is 0 Å². The molecule has 8 nitrogen and oxygen atoms in total. The lowest BCUT2D eigenvalue weighted by atomic mass is 10.2. The van der Waals surface area contributed by atoms with Gasteiger partial charge in [-0.1, -0.05) is 30.7 Å². The number of fused-ring (bicyclic) bond motifs is 1. The molecule has 0 radical (unpaired) electrons. The third kappa shape index (κ3) is 4.18. The van der Waals surface area contributed by atoms with Gasteiger partial charge in [0.2, 0.25) is 5.95 Å². The van der Waals surface area contributed by atoms with Crippen LogP contribution in [-0.4, -0.2) is 55.8 Å². The van der Waals surface area contributed by atoms with E-state index in [4.69, 9.17) is 16.6 Å². The van der Waals surface area contributed by atoms with Crippen molar-refractivity contribution in [3.05, 3.63) is 55.7 Å². The largest absolute Gasteiger partial charge is 0.338 e. The summed E-state index contributed by atoms with van der Waals surface area (Å²) in [6.07, 6.45) is 5.57. The van der Waals surface area contributed by atoms with E-state index in [-0.39, 0.29) is 17.8 Å². The quantitative estimate of drug-likeness (QED) is 0.515. The summed E-state index contributed by atoms with van der Waals surface area (Å²) >= 11 is 6.02. The minimum atomic E-state index is -0.311. The molecule has 34 heavy (non-hydrogen) atoms. The van der Waals surface area contributed by atoms with Crippen LogP contribution in [0, 0.1) is 0 Å². The number of hydrogen-bond acceptors (Lipinski definition) is 5. The van der Waals surface area contributed by atoms with Crippen LogP contribution in [0.15, 0.2) is 33.9 Å². The molecule has 2 saturated heterocycles. The van der Waals surface area contributed by atoms with E-state index in [2.05, 4.69) is 9.80 Å². The molecule has 2 fully saturated rings. The van der Waals surface area contributed by atoms with Gasteiger partial charge >= 0.3 is 5.69 Å². The lowest BCUT2D eigenvalue weighted by Gasteiger charge is -2.29. The first-order valence-corrected chi connectivity index (χ1v) is 12.8. The number of aromatic nitrogens is 4. The van der Waals surface area contributed by atoms with Crippen LogP contribution in [0.2, 0.25) is 5.02 Å². The SMILES string of the molecule is CCCn1c(=O)n(Cc2ccc(Cl)cc2)c(=O)c2c1nc(N1CCC[C@H]1CN1CCCC1)n2C. The molecule has 5 rings (SSSR count). The number of likely N-dealkylation sites (tertiary alicyclic amines) is 1. The molecule has 0 aliphatic carbocycles. The van der Waals surface area contributed by atoms with E-state index in [1.165, 1.54) is 30.5 Å². The van der Waals surface area contributed by atoms with Crippen molar-refractivity contribution in [2.45, 2.75) is 58.2 Å². The summed E-state index contributed by atoms with van der Waals surface area (Å²) in [5.41, 5.74) is 1.24. The summed E-state index contributed by atoms with van der Waals surface area (Å²) in [6, 6.07) is 7.65. The van der Waals surface area contributed by atoms with Gasteiger partial charge in [-0.2, -0.15) is 4.98 Å². The van der Waals surface area contributed by atoms with Crippen LogP contribution >= 0.6 is 11.6 Å². The molecule has 0 unspecified atom stereocenters. The van der Waals surface area contributed by atoms with E-state index >= 15 is 0 Å². The number of aryl methyl sites for hydroxylation is 2. The molecule has 9 heteroatoms. The molecule has 2 aliphatic rings. The van der Waals surface area contributed by atoms with Gasteiger partial charge in [-0.15, -0.1) is 0 Å². The topological polar surface area (TPSA) is 68.3 Å². The zero-order valence-electron chi connectivity index (χ0n) is 20.0. The summed E-state index contributed by atoms with van der Waals surface area (Å²) in [5.74, 6) is 0.794. The van der Waals surface area contributed by atoms with Crippen LogP contribution < -0.4 is 16.1 Å². The Morgan fingerprint density at radius 2 is 1.76 bits per heavy atom. The van der Waals surface area contributed by atoms with Gasteiger partial charge in [-0.05, 0) is 62.9 Å². The molecular weight excluding hydrogens is 452 g/mol. The van der Waals surface area contributed by atoms with Gasteiger partial charge in [0, 0.05) is 37.7 Å². The number of hydrogen-bond donors (Lipinski definition) is 0. The zero-order chi connectivity index (χ0) is 23.8. The van der Waals surface area contributed by atoms with Gasteiger partial charge in [0.25, 0.3) is 5.56 Å². The van der Waals surface area contributed by atoms with E-state index in [9.17, 15) is 9.59 Å². The van der Waals surface area contributed by atoms with E-state index in [1.54, 1.807) is 16.7 Å². The Balaban J connectivity index is 1.59. The highest BCUT2D eigenvalue weighted by Gasteiger charge is 2.32. The minimum Gasteiger partial charge on any atom is -0.338 e. The van der Waals surface area contributed by atoms with Crippen molar-refractivity contribution in [2.24, 2.45) is 7.05 Å². The van der Waals surface area contributed by atoms with Crippen molar-refractivity contribution in [3.8, 4) is 0 Å². The van der Waals surface area contributed by atoms with Gasteiger partial charge in [-0.3, -0.25) is 13.9 Å². The molecule has 182 valence electrons. The third-order valence-electron chi connectivity index (χ3n) is 7.22. The number of rotatable bonds is 7. The normalized spacial score (nSPS) is 19.0. The lowest BCUT2D eigenvalue weighted by Crippen LogP contribution is -2.41. The summed E-state index contributed by atoms with van der Waals surface area (Å²) < 4.78 is 4.91. The molecule has 0 N–H and O–H groups in total. The summed E-state index contributed by atoms with van der Waals surface area (Å²) in [7, 11) is 1.91. The second-order valence-electron chi connectivity index (χ2n) is 9.59. The average molecular weight is 485 g/mol. The highest BCUT2D eigenvalue weighted by Crippen LogP contribution is 2.28. The second-order valence-corrected chi connectivity index (χ2v) is 10.0. The van der Waals surface area contributed by atoms with Crippen molar-refractivity contribution in [1.82, 2.24) is 23.6 Å². The minimum absolute atomic E-state index is 0.205. The van der Waals surface area contributed by atoms with Crippen LogP contribution in [0.3, 0.4) is 0 Å². The molecule has 1 atom stereocenters. The van der Waals surface area contributed by atoms with Crippen molar-refractivity contribution in [3.63, 3.8) is 0 Å². The van der Waals surface area contributed by atoms with Gasteiger partial charge < -0.3 is 14.4 Å². The predicted octanol–water partition coefficient (Wildman–Crippen LogP) is 3.07. The standard InChI is InChI=1S/C25H33ClN6O2/c1-3-12-31-22-21(23(33)32(25(31)34)16-18-8-10-19(26)11-9-18)28(2)24(27-22)30-15-6-7-20(30)17-29-13-4-5-14-29/h8-11,20H,3-7,12-17H2,1-2H3/t20-/m0/s1. The second kappa shape index (κ2) is 9.58. The monoisotopic (exact) mass is 484 g/mol. The molecule has 2 aliphatic heterocycles. The number of imidazole rings is 1. The Bertz CT molecular complexity index is 1290. The molecule has 0 saturated carbocycles. The fourth-order valence-electron chi connectivity index (χ4n) is 5.50. The van der Waals surface area contributed by atoms with Crippen LogP contribution in [0.4, 0.5) is 5.95 Å². The van der Waals surface area contributed by atoms with Gasteiger partial charge in [0.1, 0.15) is 0 Å². The molecule has 0 amide bonds. The molecule has 4 heterocycles. The van der Waals surface area contributed by atoms with E-state index in [0.717, 1.165) is 43.9 Å². The molecule has 2 aromatic heterocycles. The Labute approximate surface area is 204 Å². The Morgan fingerprint density at radius 3 is 2.47 bits per heavy atom. The summed E-state index contributed by atoms with van der Waals surface area (Å²) in [6.45, 7) is 7.04. The molecule has 0 spiro atoms. The average Bonchev–Trinajstić information content (AvgIpc) is 3.57. The van der Waals surface area contributed by atoms with Crippen molar-refractivity contribution >= 4 is 28.7 Å². The number of anilines is 1. The van der Waals surface area contributed by atoms with Gasteiger partial charge in [0.15, 0.2) is 11.2 Å². The Kier molecular flexibility index (Phi) is 6.53. The number of halogens is 1. The molecule has 1 aromatic carbocycles. The van der Waals surface area contributed by atoms with E-state index in [1.807, 2.05) is 30.7 Å². The van der Waals surface area contributed by atoms with E-state index in [0.29, 0.717) is 28.8 Å². The highest BCUT2D eigenvalue weighted by atomic mass is 35.5. The lowest BCUT2D eigenvalue weighted by molar-refractivity contribution is 0.312. The van der Waals surface area contributed by atoms with Crippen LogP contribution in [0.1, 0.15) is 44.6 Å². The maximum absolute atomic E-state index is 13.6. The summed E-state index contributed by atoms with van der Waals surface area (Å²) in [5, 5.41) is 0.625. The highest BCUT2D eigenvalue weighted by molar-refractivity contribution is 6.30. The Morgan fingerprint density at radius 1 is 1.03 bits per heavy atom. The molecular formula is C25H33ClN6O2. The summed E-state index contributed by atoms with van der Waals surface area (Å²) in [4.78, 5) is 36.9. The number of benzene rings is 1. The van der Waals surface area contributed by atoms with Crippen LogP contribution in [0.25, 0.3) is 11.2 Å². The van der Waals surface area contributed by atoms with Crippen LogP contribution in [-0.2, 0) is 20.1 Å². The Hall–Kier alpha value is -2.58. The first-order chi connectivity index (χ1) is 16.5. The van der Waals surface area contributed by atoms with Crippen molar-refractivity contribution < 1.29 is 0 Å². The molecule has 0 bridgehead atoms. The predicted molar refractivity (Wildman–Crippen MR) is 136 cm³/mol. The van der Waals surface area contributed by atoms with Crippen LogP contribution in [0.5, 0.6) is 0 Å². The van der Waals surface area contributed by atoms with Gasteiger partial charge in [0.05, 0.1) is 6.54 Å².